The summed E-state index contributed by atoms with van der Waals surface area (Å²) in [5, 5.41) is 0. The zero-order valence-electron chi connectivity index (χ0n) is 19.7. The first-order valence-electron chi connectivity index (χ1n) is 11.7. The lowest BCUT2D eigenvalue weighted by Crippen LogP contribution is -2.50. The monoisotopic (exact) mass is 406 g/mol. The van der Waals surface area contributed by atoms with E-state index < -0.39 is 0 Å². The van der Waals surface area contributed by atoms with Gasteiger partial charge in [0.2, 0.25) is 0 Å². The van der Waals surface area contributed by atoms with Crippen LogP contribution in [0.15, 0.2) is 11.6 Å². The Hall–Kier alpha value is -0.870. The highest BCUT2D eigenvalue weighted by molar-refractivity contribution is 5.72. The van der Waals surface area contributed by atoms with E-state index in [0.29, 0.717) is 10.8 Å². The Morgan fingerprint density at radius 3 is 2.55 bits per heavy atom. The van der Waals surface area contributed by atoms with Gasteiger partial charge < -0.3 is 4.74 Å². The third-order valence-corrected chi connectivity index (χ3v) is 9.25. The highest BCUT2D eigenvalue weighted by atomic mass is 17.2. The lowest BCUT2D eigenvalue weighted by atomic mass is 9.47. The van der Waals surface area contributed by atoms with Crippen molar-refractivity contribution in [3.8, 4) is 0 Å². The fourth-order valence-corrected chi connectivity index (χ4v) is 6.42. The first-order chi connectivity index (χ1) is 13.6. The molecule has 29 heavy (non-hydrogen) atoms. The van der Waals surface area contributed by atoms with Crippen molar-refractivity contribution in [2.24, 2.45) is 28.6 Å². The van der Waals surface area contributed by atoms with Crippen LogP contribution in [-0.2, 0) is 19.3 Å². The number of carbonyl (C=O) groups is 1. The summed E-state index contributed by atoms with van der Waals surface area (Å²) in [7, 11) is 1.43. The average Bonchev–Trinajstić information content (AvgIpc) is 2.71. The maximum absolute atomic E-state index is 11.8. The van der Waals surface area contributed by atoms with Crippen molar-refractivity contribution in [3.63, 3.8) is 0 Å². The van der Waals surface area contributed by atoms with Crippen LogP contribution in [0.2, 0.25) is 0 Å². The predicted molar refractivity (Wildman–Crippen MR) is 115 cm³/mol. The van der Waals surface area contributed by atoms with Gasteiger partial charge in [0, 0.05) is 0 Å². The van der Waals surface area contributed by atoms with Gasteiger partial charge in [0.1, 0.15) is 11.7 Å². The molecule has 0 aromatic rings. The van der Waals surface area contributed by atoms with Crippen LogP contribution in [0.4, 0.5) is 0 Å². The summed E-state index contributed by atoms with van der Waals surface area (Å²) in [6, 6.07) is 0. The van der Waals surface area contributed by atoms with Crippen LogP contribution in [0.25, 0.3) is 0 Å². The molecule has 7 unspecified atom stereocenters. The molecule has 2 aliphatic carbocycles. The molecule has 0 aromatic heterocycles. The molecule has 166 valence electrons. The number of hydrogen-bond donors (Lipinski definition) is 0. The van der Waals surface area contributed by atoms with Crippen molar-refractivity contribution in [2.45, 2.75) is 105 Å². The topological polar surface area (TPSA) is 44.8 Å². The Bertz CT molecular complexity index is 633. The highest BCUT2D eigenvalue weighted by Crippen LogP contribution is 2.62. The van der Waals surface area contributed by atoms with Gasteiger partial charge in [0.25, 0.3) is 0 Å². The molecule has 7 atom stereocenters. The summed E-state index contributed by atoms with van der Waals surface area (Å²) in [6.45, 7) is 13.9. The van der Waals surface area contributed by atoms with Crippen LogP contribution in [-0.4, -0.2) is 24.8 Å². The Morgan fingerprint density at radius 2 is 1.93 bits per heavy atom. The number of methoxy groups -OCH3 is 1. The summed E-state index contributed by atoms with van der Waals surface area (Å²) in [5.74, 6) is 0.944. The molecule has 4 nitrogen and oxygen atoms in total. The summed E-state index contributed by atoms with van der Waals surface area (Å²) >= 11 is 0. The zero-order chi connectivity index (χ0) is 21.4. The van der Waals surface area contributed by atoms with Crippen LogP contribution in [0.3, 0.4) is 0 Å². The minimum atomic E-state index is -0.293. The van der Waals surface area contributed by atoms with Crippen LogP contribution in [0, 0.1) is 28.6 Å². The third-order valence-electron chi connectivity index (χ3n) is 9.25. The molecular formula is C25H42O4. The van der Waals surface area contributed by atoms with E-state index in [4.69, 9.17) is 14.5 Å². The minimum absolute atomic E-state index is 0.214. The van der Waals surface area contributed by atoms with Crippen LogP contribution < -0.4 is 0 Å². The van der Waals surface area contributed by atoms with Gasteiger partial charge in [0.05, 0.1) is 13.0 Å². The van der Waals surface area contributed by atoms with Crippen molar-refractivity contribution in [1.82, 2.24) is 0 Å². The van der Waals surface area contributed by atoms with Crippen molar-refractivity contribution >= 4 is 5.97 Å². The second kappa shape index (κ2) is 8.34. The number of esters is 1. The average molecular weight is 407 g/mol. The number of ether oxygens (including phenoxy) is 1. The fraction of sp³-hybridized carbons (Fsp3) is 0.880. The van der Waals surface area contributed by atoms with Crippen LogP contribution in [0.1, 0.15) is 92.9 Å². The van der Waals surface area contributed by atoms with Gasteiger partial charge in [-0.1, -0.05) is 32.4 Å². The zero-order valence-corrected chi connectivity index (χ0v) is 19.7. The minimum Gasteiger partial charge on any atom is -0.469 e. The van der Waals surface area contributed by atoms with Crippen LogP contribution in [0.5, 0.6) is 0 Å². The molecule has 1 aliphatic heterocycles. The summed E-state index contributed by atoms with van der Waals surface area (Å²) < 4.78 is 4.86. The number of hydrogen-bond acceptors (Lipinski definition) is 4. The van der Waals surface area contributed by atoms with Gasteiger partial charge in [-0.25, -0.2) is 9.78 Å². The lowest BCUT2D eigenvalue weighted by molar-refractivity contribution is -0.412. The molecule has 0 spiro atoms. The first kappa shape index (κ1) is 22.8. The van der Waals surface area contributed by atoms with Crippen molar-refractivity contribution in [2.75, 3.05) is 7.11 Å². The molecule has 1 saturated heterocycles. The van der Waals surface area contributed by atoms with Gasteiger partial charge >= 0.3 is 5.97 Å². The predicted octanol–water partition coefficient (Wildman–Crippen LogP) is 6.24. The van der Waals surface area contributed by atoms with Gasteiger partial charge in [-0.05, 0) is 94.8 Å². The van der Waals surface area contributed by atoms with E-state index >= 15 is 0 Å². The first-order valence-corrected chi connectivity index (χ1v) is 11.7. The van der Waals surface area contributed by atoms with E-state index in [1.165, 1.54) is 39.2 Å². The van der Waals surface area contributed by atoms with E-state index in [0.717, 1.165) is 31.1 Å². The number of allylic oxidation sites excluding steroid dienone is 2. The smallest absolute Gasteiger partial charge is 0.311 e. The normalized spacial score (nSPS) is 43.8. The summed E-state index contributed by atoms with van der Waals surface area (Å²) in [5.41, 5.74) is 2.01. The summed E-state index contributed by atoms with van der Waals surface area (Å²) in [6.07, 6.45) is 11.3. The quantitative estimate of drug-likeness (QED) is 0.308. The Morgan fingerprint density at radius 1 is 1.21 bits per heavy atom. The molecule has 0 amide bonds. The van der Waals surface area contributed by atoms with Crippen molar-refractivity contribution < 1.29 is 19.3 Å². The molecule has 0 radical (unpaired) electrons. The fourth-order valence-electron chi connectivity index (χ4n) is 6.42. The third kappa shape index (κ3) is 4.17. The Kier molecular flexibility index (Phi) is 6.56. The Balaban J connectivity index is 1.65. The second-order valence-corrected chi connectivity index (χ2v) is 10.9. The second-order valence-electron chi connectivity index (χ2n) is 10.9. The van der Waals surface area contributed by atoms with Gasteiger partial charge in [-0.2, -0.15) is 0 Å². The van der Waals surface area contributed by atoms with Crippen molar-refractivity contribution in [3.05, 3.63) is 11.6 Å². The molecule has 0 bridgehead atoms. The molecule has 3 rings (SSSR count). The molecule has 4 heteroatoms. The molecular weight excluding hydrogens is 364 g/mol. The van der Waals surface area contributed by atoms with Gasteiger partial charge in [-0.3, -0.25) is 4.79 Å². The van der Waals surface area contributed by atoms with E-state index in [1.807, 2.05) is 6.92 Å². The maximum Gasteiger partial charge on any atom is 0.311 e. The van der Waals surface area contributed by atoms with Crippen LogP contribution >= 0.6 is 0 Å². The van der Waals surface area contributed by atoms with E-state index in [-0.39, 0.29) is 23.6 Å². The largest absolute Gasteiger partial charge is 0.469 e. The molecule has 0 N–H and O–H groups in total. The molecule has 1 saturated carbocycles. The van der Waals surface area contributed by atoms with Gasteiger partial charge in [-0.15, -0.1) is 0 Å². The molecule has 2 fully saturated rings. The number of fused-ring (bicyclic) bond motifs is 1. The maximum atomic E-state index is 11.8. The van der Waals surface area contributed by atoms with Crippen molar-refractivity contribution in [1.29, 1.82) is 0 Å². The number of carbonyl (C=O) groups excluding carboxylic acids is 1. The Labute approximate surface area is 177 Å². The molecule has 3 aliphatic rings. The standard InChI is InChI=1S/C25H42O4/c1-17-9-8-10-21-24(17,5)14-11-18(2)25(21,6)16-15-23(4)13-12-20(28-29-23)19(3)22(26)27-7/h9,18-21H,8,10-16H2,1-7H3. The summed E-state index contributed by atoms with van der Waals surface area (Å²) in [4.78, 5) is 23.5. The highest BCUT2D eigenvalue weighted by Gasteiger charge is 2.53. The molecule has 0 aromatic carbocycles. The van der Waals surface area contributed by atoms with Gasteiger partial charge in [0.15, 0.2) is 0 Å². The van der Waals surface area contributed by atoms with E-state index in [9.17, 15) is 4.79 Å². The lowest BCUT2D eigenvalue weighted by Gasteiger charge is -2.58. The SMILES string of the molecule is COC(=O)C(C)C1CCC(C)(CCC2(C)C(C)CCC3(C)C(C)=CCCC32)OO1. The number of rotatable bonds is 5. The van der Waals surface area contributed by atoms with E-state index in [1.54, 1.807) is 5.57 Å². The molecule has 1 heterocycles. The van der Waals surface area contributed by atoms with E-state index in [2.05, 4.69) is 40.7 Å².